The van der Waals surface area contributed by atoms with Crippen molar-refractivity contribution < 1.29 is 9.90 Å². The monoisotopic (exact) mass is 241 g/mol. The second-order valence-electron chi connectivity index (χ2n) is 2.97. The summed E-state index contributed by atoms with van der Waals surface area (Å²) in [5.74, 6) is 0.242. The molecule has 1 aromatic carbocycles. The lowest BCUT2D eigenvalue weighted by Gasteiger charge is -2.18. The Kier molecular flexibility index (Phi) is 2.00. The van der Waals surface area contributed by atoms with Crippen LogP contribution in [-0.2, 0) is 11.2 Å². The highest BCUT2D eigenvalue weighted by molar-refractivity contribution is 9.10. The molecule has 0 bridgehead atoms. The fraction of sp³-hybridized carbons (Fsp3) is 0.222. The molecule has 13 heavy (non-hydrogen) atoms. The van der Waals surface area contributed by atoms with E-state index in [2.05, 4.69) is 21.2 Å². The van der Waals surface area contributed by atoms with Crippen LogP contribution in [0.3, 0.4) is 0 Å². The van der Waals surface area contributed by atoms with Crippen LogP contribution in [0.5, 0.6) is 5.75 Å². The molecular formula is C9H8BrNO2. The Labute approximate surface area is 83.9 Å². The van der Waals surface area contributed by atoms with Crippen molar-refractivity contribution >= 4 is 27.5 Å². The van der Waals surface area contributed by atoms with Crippen molar-refractivity contribution in [2.24, 2.45) is 0 Å². The number of amides is 1. The first-order chi connectivity index (χ1) is 6.18. The zero-order valence-corrected chi connectivity index (χ0v) is 8.39. The molecule has 1 aliphatic heterocycles. The molecule has 1 aliphatic rings. The first-order valence-corrected chi connectivity index (χ1v) is 4.78. The van der Waals surface area contributed by atoms with Crippen molar-refractivity contribution in [3.05, 3.63) is 22.2 Å². The number of nitrogens with one attached hydrogen (secondary N) is 1. The first-order valence-electron chi connectivity index (χ1n) is 3.98. The van der Waals surface area contributed by atoms with Crippen LogP contribution in [-0.4, -0.2) is 11.0 Å². The zero-order chi connectivity index (χ0) is 9.42. The molecule has 0 aromatic heterocycles. The molecule has 4 heteroatoms. The lowest BCUT2D eigenvalue weighted by atomic mass is 10.0. The van der Waals surface area contributed by atoms with E-state index in [4.69, 9.17) is 0 Å². The van der Waals surface area contributed by atoms with Gasteiger partial charge < -0.3 is 10.4 Å². The number of hydrogen-bond donors (Lipinski definition) is 2. The third-order valence-corrected chi connectivity index (χ3v) is 2.75. The van der Waals surface area contributed by atoms with Crippen LogP contribution in [0.1, 0.15) is 12.0 Å². The number of anilines is 1. The molecule has 2 rings (SSSR count). The van der Waals surface area contributed by atoms with E-state index in [0.29, 0.717) is 17.3 Å². The Bertz CT molecular complexity index is 376. The van der Waals surface area contributed by atoms with Crippen molar-refractivity contribution in [1.29, 1.82) is 0 Å². The topological polar surface area (TPSA) is 49.3 Å². The average Bonchev–Trinajstić information content (AvgIpc) is 2.12. The van der Waals surface area contributed by atoms with Gasteiger partial charge in [0.1, 0.15) is 5.75 Å². The summed E-state index contributed by atoms with van der Waals surface area (Å²) in [6.45, 7) is 0. The third-order valence-electron chi connectivity index (χ3n) is 2.11. The molecule has 1 amide bonds. The predicted molar refractivity (Wildman–Crippen MR) is 52.8 cm³/mol. The predicted octanol–water partition coefficient (Wildman–Crippen LogP) is 2.04. The molecule has 3 nitrogen and oxygen atoms in total. The van der Waals surface area contributed by atoms with Gasteiger partial charge in [-0.2, -0.15) is 0 Å². The largest absolute Gasteiger partial charge is 0.506 e. The van der Waals surface area contributed by atoms with E-state index in [9.17, 15) is 9.90 Å². The quantitative estimate of drug-likeness (QED) is 0.731. The average molecular weight is 242 g/mol. The van der Waals surface area contributed by atoms with Gasteiger partial charge in [0, 0.05) is 17.7 Å². The second kappa shape index (κ2) is 3.03. The molecule has 1 heterocycles. The van der Waals surface area contributed by atoms with Crippen LogP contribution < -0.4 is 5.32 Å². The molecule has 0 fully saturated rings. The lowest BCUT2D eigenvalue weighted by Crippen LogP contribution is -2.18. The summed E-state index contributed by atoms with van der Waals surface area (Å²) in [6, 6.07) is 3.51. The summed E-state index contributed by atoms with van der Waals surface area (Å²) < 4.78 is 0.669. The molecule has 0 saturated carbocycles. The number of halogens is 1. The van der Waals surface area contributed by atoms with Gasteiger partial charge in [-0.3, -0.25) is 4.79 Å². The van der Waals surface area contributed by atoms with Gasteiger partial charge >= 0.3 is 0 Å². The Morgan fingerprint density at radius 1 is 1.38 bits per heavy atom. The van der Waals surface area contributed by atoms with E-state index in [1.807, 2.05) is 0 Å². The Hall–Kier alpha value is -1.03. The Balaban J connectivity index is 2.53. The van der Waals surface area contributed by atoms with Crippen LogP contribution >= 0.6 is 15.9 Å². The van der Waals surface area contributed by atoms with Gasteiger partial charge in [-0.1, -0.05) is 0 Å². The van der Waals surface area contributed by atoms with Gasteiger partial charge in [0.25, 0.3) is 0 Å². The minimum Gasteiger partial charge on any atom is -0.506 e. The Morgan fingerprint density at radius 2 is 2.15 bits per heavy atom. The summed E-state index contributed by atoms with van der Waals surface area (Å²) in [5.41, 5.74) is 1.53. The maximum Gasteiger partial charge on any atom is 0.224 e. The molecule has 68 valence electrons. The zero-order valence-electron chi connectivity index (χ0n) is 6.80. The second-order valence-corrected chi connectivity index (χ2v) is 3.82. The SMILES string of the molecule is O=C1CCc2c(ccc(Br)c2O)N1. The van der Waals surface area contributed by atoms with E-state index >= 15 is 0 Å². The third kappa shape index (κ3) is 1.42. The number of hydrogen-bond acceptors (Lipinski definition) is 2. The summed E-state index contributed by atoms with van der Waals surface area (Å²) >= 11 is 3.23. The highest BCUT2D eigenvalue weighted by Crippen LogP contribution is 2.35. The molecule has 0 aliphatic carbocycles. The van der Waals surface area contributed by atoms with Gasteiger partial charge in [-0.05, 0) is 34.5 Å². The van der Waals surface area contributed by atoms with Crippen molar-refractivity contribution in [1.82, 2.24) is 0 Å². The van der Waals surface area contributed by atoms with Crippen LogP contribution in [0.4, 0.5) is 5.69 Å². The van der Waals surface area contributed by atoms with Crippen molar-refractivity contribution in [3.63, 3.8) is 0 Å². The maximum atomic E-state index is 11.0. The minimum absolute atomic E-state index is 0.00854. The number of fused-ring (bicyclic) bond motifs is 1. The lowest BCUT2D eigenvalue weighted by molar-refractivity contribution is -0.116. The number of benzene rings is 1. The van der Waals surface area contributed by atoms with E-state index in [1.54, 1.807) is 12.1 Å². The number of aromatic hydroxyl groups is 1. The molecule has 0 unspecified atom stereocenters. The van der Waals surface area contributed by atoms with Crippen LogP contribution in [0.2, 0.25) is 0 Å². The summed E-state index contributed by atoms with van der Waals surface area (Å²) in [7, 11) is 0. The molecule has 1 aromatic rings. The van der Waals surface area contributed by atoms with Gasteiger partial charge in [-0.15, -0.1) is 0 Å². The highest BCUT2D eigenvalue weighted by atomic mass is 79.9. The van der Waals surface area contributed by atoms with Gasteiger partial charge in [0.05, 0.1) is 4.47 Å². The molecule has 0 radical (unpaired) electrons. The van der Waals surface area contributed by atoms with E-state index < -0.39 is 0 Å². The van der Waals surface area contributed by atoms with Crippen molar-refractivity contribution in [2.75, 3.05) is 5.32 Å². The normalized spacial score (nSPS) is 15.0. The molecule has 2 N–H and O–H groups in total. The first kappa shape index (κ1) is 8.56. The van der Waals surface area contributed by atoms with Crippen LogP contribution in [0.15, 0.2) is 16.6 Å². The number of carbonyl (C=O) groups is 1. The fourth-order valence-corrected chi connectivity index (χ4v) is 1.80. The van der Waals surface area contributed by atoms with Crippen molar-refractivity contribution in [3.8, 4) is 5.75 Å². The molecule has 0 spiro atoms. The van der Waals surface area contributed by atoms with E-state index in [0.717, 1.165) is 11.3 Å². The van der Waals surface area contributed by atoms with Gasteiger partial charge in [0.15, 0.2) is 0 Å². The smallest absolute Gasteiger partial charge is 0.224 e. The molecular weight excluding hydrogens is 234 g/mol. The number of rotatable bonds is 0. The van der Waals surface area contributed by atoms with Crippen LogP contribution in [0.25, 0.3) is 0 Å². The van der Waals surface area contributed by atoms with Gasteiger partial charge in [-0.25, -0.2) is 0 Å². The van der Waals surface area contributed by atoms with Crippen LogP contribution in [0, 0.1) is 0 Å². The summed E-state index contributed by atoms with van der Waals surface area (Å²) in [4.78, 5) is 11.0. The molecule has 0 atom stereocenters. The summed E-state index contributed by atoms with van der Waals surface area (Å²) in [5, 5.41) is 12.3. The minimum atomic E-state index is 0.00854. The van der Waals surface area contributed by atoms with E-state index in [-0.39, 0.29) is 11.7 Å². The van der Waals surface area contributed by atoms with Gasteiger partial charge in [0.2, 0.25) is 5.91 Å². The fourth-order valence-electron chi connectivity index (χ4n) is 1.43. The number of phenolic OH excluding ortho intramolecular Hbond substituents is 1. The van der Waals surface area contributed by atoms with Crippen molar-refractivity contribution in [2.45, 2.75) is 12.8 Å². The maximum absolute atomic E-state index is 11.0. The number of carbonyl (C=O) groups excluding carboxylic acids is 1. The Morgan fingerprint density at radius 3 is 2.92 bits per heavy atom. The molecule has 0 saturated heterocycles. The summed E-state index contributed by atoms with van der Waals surface area (Å²) in [6.07, 6.45) is 1.05. The number of phenols is 1. The van der Waals surface area contributed by atoms with E-state index in [1.165, 1.54) is 0 Å². The highest BCUT2D eigenvalue weighted by Gasteiger charge is 2.18. The standard InChI is InChI=1S/C9H8BrNO2/c10-6-2-3-7-5(9(6)13)1-4-8(12)11-7/h2-3,13H,1,4H2,(H,11,12).